The van der Waals surface area contributed by atoms with Crippen LogP contribution in [0.3, 0.4) is 0 Å². The topological polar surface area (TPSA) is 118 Å². The van der Waals surface area contributed by atoms with Gasteiger partial charge in [0.15, 0.2) is 5.78 Å². The molecule has 0 aliphatic carbocycles. The number of nitrogens with one attached hydrogen (secondary N) is 2. The summed E-state index contributed by atoms with van der Waals surface area (Å²) in [5, 5.41) is 10.5. The number of furan rings is 1. The number of ketones is 1. The molecule has 180 valence electrons. The first-order valence-corrected chi connectivity index (χ1v) is 10.5. The minimum Gasteiger partial charge on any atom is -0.468 e. The van der Waals surface area contributed by atoms with E-state index in [1.54, 1.807) is 32.4 Å². The van der Waals surface area contributed by atoms with Crippen LogP contribution in [0.5, 0.6) is 0 Å². The van der Waals surface area contributed by atoms with E-state index in [0.29, 0.717) is 12.2 Å². The van der Waals surface area contributed by atoms with Crippen LogP contribution in [-0.2, 0) is 20.7 Å². The molecule has 0 aliphatic heterocycles. The maximum absolute atomic E-state index is 11.2. The van der Waals surface area contributed by atoms with Crippen molar-refractivity contribution in [2.45, 2.75) is 41.0 Å². The van der Waals surface area contributed by atoms with Gasteiger partial charge < -0.3 is 14.5 Å². The Bertz CT molecular complexity index is 931. The zero-order chi connectivity index (χ0) is 25.4. The number of carbonyl (C=O) groups excluding carboxylic acids is 3. The first kappa shape index (κ1) is 29.6. The largest absolute Gasteiger partial charge is 0.468 e. The van der Waals surface area contributed by atoms with Crippen LogP contribution in [0.15, 0.2) is 41.0 Å². The van der Waals surface area contributed by atoms with Crippen molar-refractivity contribution in [3.8, 4) is 11.8 Å². The van der Waals surface area contributed by atoms with Crippen LogP contribution in [0.2, 0.25) is 0 Å². The molecule has 8 heteroatoms. The summed E-state index contributed by atoms with van der Waals surface area (Å²) in [5.74, 6) is 5.84. The number of carbonyl (C=O) groups is 3. The highest BCUT2D eigenvalue weighted by Crippen LogP contribution is 2.14. The van der Waals surface area contributed by atoms with E-state index in [1.165, 1.54) is 26.4 Å². The van der Waals surface area contributed by atoms with Gasteiger partial charge in [0.05, 0.1) is 12.2 Å². The van der Waals surface area contributed by atoms with Crippen LogP contribution in [0.25, 0.3) is 0 Å². The molecule has 0 atom stereocenters. The molecule has 0 saturated carbocycles. The van der Waals surface area contributed by atoms with Gasteiger partial charge in [0.25, 0.3) is 5.91 Å². The zero-order valence-corrected chi connectivity index (χ0v) is 20.4. The van der Waals surface area contributed by atoms with Gasteiger partial charge in [0.1, 0.15) is 17.4 Å². The summed E-state index contributed by atoms with van der Waals surface area (Å²) in [5.41, 5.74) is 2.59. The minimum atomic E-state index is -1.23. The number of hydroxylamine groups is 1. The van der Waals surface area contributed by atoms with Gasteiger partial charge in [-0.2, -0.15) is 0 Å². The molecular weight excluding hydrogens is 424 g/mol. The number of methoxy groups -OCH3 is 1. The molecular formula is C25H34N2O6. The highest BCUT2D eigenvalue weighted by atomic mass is 16.5. The van der Waals surface area contributed by atoms with Crippen LogP contribution in [0.1, 0.15) is 61.9 Å². The number of ether oxygens (including phenoxy) is 1. The summed E-state index contributed by atoms with van der Waals surface area (Å²) >= 11 is 0. The van der Waals surface area contributed by atoms with E-state index in [9.17, 15) is 14.4 Å². The zero-order valence-electron chi connectivity index (χ0n) is 20.4. The van der Waals surface area contributed by atoms with Crippen LogP contribution in [0.4, 0.5) is 0 Å². The van der Waals surface area contributed by atoms with Crippen molar-refractivity contribution >= 4 is 17.6 Å². The fourth-order valence-corrected chi connectivity index (χ4v) is 2.27. The van der Waals surface area contributed by atoms with E-state index in [4.69, 9.17) is 14.4 Å². The van der Waals surface area contributed by atoms with E-state index in [1.807, 2.05) is 32.0 Å². The molecule has 3 N–H and O–H groups in total. The number of hydrogen-bond donors (Lipinski definition) is 3. The van der Waals surface area contributed by atoms with E-state index in [2.05, 4.69) is 17.2 Å². The Hall–Kier alpha value is -3.41. The second-order valence-electron chi connectivity index (χ2n) is 7.07. The number of amides is 2. The lowest BCUT2D eigenvalue weighted by atomic mass is 9.92. The van der Waals surface area contributed by atoms with Crippen molar-refractivity contribution in [2.24, 2.45) is 5.41 Å². The second kappa shape index (κ2) is 15.4. The lowest BCUT2D eigenvalue weighted by Crippen LogP contribution is -2.45. The number of hydrogen-bond acceptors (Lipinski definition) is 6. The molecule has 0 radical (unpaired) electrons. The number of rotatable bonds is 6. The van der Waals surface area contributed by atoms with Gasteiger partial charge in [-0.1, -0.05) is 37.8 Å². The summed E-state index contributed by atoms with van der Waals surface area (Å²) in [7, 11) is 3.09. The Morgan fingerprint density at radius 1 is 1.06 bits per heavy atom. The smallest absolute Gasteiger partial charge is 0.258 e. The first-order chi connectivity index (χ1) is 15.6. The second-order valence-corrected chi connectivity index (χ2v) is 7.07. The highest BCUT2D eigenvalue weighted by molar-refractivity contribution is 6.03. The lowest BCUT2D eigenvalue weighted by Gasteiger charge is -2.18. The van der Waals surface area contributed by atoms with E-state index in [0.717, 1.165) is 23.3 Å². The van der Waals surface area contributed by atoms with Gasteiger partial charge in [-0.05, 0) is 39.0 Å². The van der Waals surface area contributed by atoms with Gasteiger partial charge in [-0.15, -0.1) is 0 Å². The maximum Gasteiger partial charge on any atom is 0.258 e. The van der Waals surface area contributed by atoms with Gasteiger partial charge in [0, 0.05) is 31.7 Å². The SMILES string of the molecule is CC.CNC(=O)C(C)(C)C(=O)NO.COCCc1cc(C#Cc2ccc(C(C)=O)cc2)co1. The van der Waals surface area contributed by atoms with Crippen LogP contribution >= 0.6 is 0 Å². The minimum absolute atomic E-state index is 0.0575. The molecule has 0 spiro atoms. The molecule has 1 aromatic carbocycles. The Balaban J connectivity index is 0.000000673. The molecule has 8 nitrogen and oxygen atoms in total. The normalized spacial score (nSPS) is 9.70. The van der Waals surface area contributed by atoms with Crippen LogP contribution in [0, 0.1) is 17.3 Å². The van der Waals surface area contributed by atoms with E-state index >= 15 is 0 Å². The van der Waals surface area contributed by atoms with Crippen molar-refractivity contribution in [3.05, 3.63) is 59.0 Å². The third-order valence-corrected chi connectivity index (χ3v) is 4.31. The quantitative estimate of drug-likeness (QED) is 0.201. The van der Waals surface area contributed by atoms with Crippen molar-refractivity contribution in [2.75, 3.05) is 20.8 Å². The third-order valence-electron chi connectivity index (χ3n) is 4.31. The average Bonchev–Trinajstić information content (AvgIpc) is 3.29. The summed E-state index contributed by atoms with van der Waals surface area (Å²) < 4.78 is 10.4. The number of benzene rings is 1. The van der Waals surface area contributed by atoms with Gasteiger partial charge in [-0.3, -0.25) is 19.6 Å². The Labute approximate surface area is 195 Å². The standard InChI is InChI=1S/C17H16O3.C6H12N2O3.C2H6/c1-13(18)16-7-5-14(6-8-16)3-4-15-11-17(20-12-15)9-10-19-2;1-6(2,4(9)7-3)5(10)8-11;1-2/h5-8,11-12H,9-10H2,1-2H3;11H,1-3H3,(H,7,9)(H,8,10);1-2H3. The van der Waals surface area contributed by atoms with E-state index in [-0.39, 0.29) is 5.78 Å². The molecule has 0 unspecified atom stereocenters. The molecule has 2 rings (SSSR count). The van der Waals surface area contributed by atoms with Crippen LogP contribution < -0.4 is 10.8 Å². The fraction of sp³-hybridized carbons (Fsp3) is 0.400. The molecule has 2 aromatic rings. The highest BCUT2D eigenvalue weighted by Gasteiger charge is 2.34. The van der Waals surface area contributed by atoms with Crippen molar-refractivity contribution in [3.63, 3.8) is 0 Å². The van der Waals surface area contributed by atoms with Crippen molar-refractivity contribution < 1.29 is 28.7 Å². The summed E-state index contributed by atoms with van der Waals surface area (Å²) in [6.45, 7) is 9.01. The molecule has 1 aromatic heterocycles. The molecule has 2 amide bonds. The van der Waals surface area contributed by atoms with Crippen molar-refractivity contribution in [1.29, 1.82) is 0 Å². The van der Waals surface area contributed by atoms with Crippen molar-refractivity contribution in [1.82, 2.24) is 10.8 Å². The van der Waals surface area contributed by atoms with Gasteiger partial charge >= 0.3 is 0 Å². The maximum atomic E-state index is 11.2. The van der Waals surface area contributed by atoms with Gasteiger partial charge in [0.2, 0.25) is 5.91 Å². The first-order valence-electron chi connectivity index (χ1n) is 10.5. The predicted molar refractivity (Wildman–Crippen MR) is 126 cm³/mol. The predicted octanol–water partition coefficient (Wildman–Crippen LogP) is 3.36. The molecule has 0 bridgehead atoms. The summed E-state index contributed by atoms with van der Waals surface area (Å²) in [4.78, 5) is 32.9. The molecule has 1 heterocycles. The summed E-state index contributed by atoms with van der Waals surface area (Å²) in [6.07, 6.45) is 2.38. The molecule has 0 fully saturated rings. The summed E-state index contributed by atoms with van der Waals surface area (Å²) in [6, 6.07) is 9.17. The monoisotopic (exact) mass is 458 g/mol. The third kappa shape index (κ3) is 10.2. The van der Waals surface area contributed by atoms with Crippen LogP contribution in [-0.4, -0.2) is 43.6 Å². The Morgan fingerprint density at radius 2 is 1.64 bits per heavy atom. The molecule has 0 saturated heterocycles. The van der Waals surface area contributed by atoms with E-state index < -0.39 is 17.2 Å². The average molecular weight is 459 g/mol. The number of Topliss-reactive ketones (excluding diaryl/α,β-unsaturated/α-hetero) is 1. The Morgan fingerprint density at radius 3 is 2.12 bits per heavy atom. The molecule has 33 heavy (non-hydrogen) atoms. The molecule has 0 aliphatic rings. The Kier molecular flexibility index (Phi) is 13.8. The fourth-order valence-electron chi connectivity index (χ4n) is 2.27. The lowest BCUT2D eigenvalue weighted by molar-refractivity contribution is -0.146. The van der Waals surface area contributed by atoms with Gasteiger partial charge in [-0.25, -0.2) is 5.48 Å².